The van der Waals surface area contributed by atoms with E-state index in [-0.39, 0.29) is 0 Å². The number of pyridine rings is 1. The van der Waals surface area contributed by atoms with Gasteiger partial charge in [-0.25, -0.2) is 4.98 Å². The number of anilines is 1. The number of rotatable bonds is 1. The van der Waals surface area contributed by atoms with Gasteiger partial charge in [0.15, 0.2) is 0 Å². The van der Waals surface area contributed by atoms with Crippen LogP contribution in [0.5, 0.6) is 0 Å². The molecule has 2 aliphatic heterocycles. The Balaban J connectivity index is 1.80. The van der Waals surface area contributed by atoms with Crippen molar-refractivity contribution in [3.8, 4) is 0 Å². The van der Waals surface area contributed by atoms with Crippen LogP contribution in [0.25, 0.3) is 11.0 Å². The summed E-state index contributed by atoms with van der Waals surface area (Å²) in [5.41, 5.74) is 2.22. The number of morpholine rings is 1. The number of nitrogens with one attached hydrogen (secondary N) is 1. The van der Waals surface area contributed by atoms with Gasteiger partial charge in [-0.3, -0.25) is 0 Å². The maximum absolute atomic E-state index is 5.63. The van der Waals surface area contributed by atoms with E-state index in [9.17, 15) is 0 Å². The third-order valence-corrected chi connectivity index (χ3v) is 4.90. The van der Waals surface area contributed by atoms with E-state index in [1.54, 1.807) is 0 Å². The molecule has 4 rings (SSSR count). The maximum atomic E-state index is 5.63. The summed E-state index contributed by atoms with van der Waals surface area (Å²) in [6.07, 6.45) is 6.49. The highest BCUT2D eigenvalue weighted by molar-refractivity contribution is 14.1. The SMILES string of the molecule is Ic1c[nH]c2ncc(N3C4CCC3COC4)cc12. The fraction of sp³-hybridized carbons (Fsp3) is 0.462. The lowest BCUT2D eigenvalue weighted by Crippen LogP contribution is -2.45. The third kappa shape index (κ3) is 1.56. The van der Waals surface area contributed by atoms with Crippen LogP contribution in [0.1, 0.15) is 12.8 Å². The molecule has 2 aromatic rings. The standard InChI is InChI=1S/C13H14IN3O/c14-12-5-16-13-11(12)3-10(4-15-13)17-8-1-2-9(17)7-18-6-8/h3-5,8-9H,1-2,6-7H2,(H,15,16). The highest BCUT2D eigenvalue weighted by Crippen LogP contribution is 2.35. The average molecular weight is 355 g/mol. The Morgan fingerprint density at radius 3 is 2.89 bits per heavy atom. The molecule has 2 bridgehead atoms. The van der Waals surface area contributed by atoms with Crippen LogP contribution >= 0.6 is 22.6 Å². The lowest BCUT2D eigenvalue weighted by molar-refractivity contribution is 0.0906. The molecule has 0 aromatic carbocycles. The number of fused-ring (bicyclic) bond motifs is 3. The molecule has 2 aliphatic rings. The van der Waals surface area contributed by atoms with Crippen LogP contribution in [0.15, 0.2) is 18.5 Å². The first kappa shape index (κ1) is 11.0. The minimum Gasteiger partial charge on any atom is -0.377 e. The van der Waals surface area contributed by atoms with Gasteiger partial charge in [-0.15, -0.1) is 0 Å². The van der Waals surface area contributed by atoms with Crippen molar-refractivity contribution in [3.05, 3.63) is 22.0 Å². The van der Waals surface area contributed by atoms with Crippen molar-refractivity contribution in [2.45, 2.75) is 24.9 Å². The summed E-state index contributed by atoms with van der Waals surface area (Å²) in [7, 11) is 0. The Hall–Kier alpha value is -0.820. The van der Waals surface area contributed by atoms with Gasteiger partial charge in [0, 0.05) is 15.2 Å². The maximum Gasteiger partial charge on any atom is 0.138 e. The number of nitrogens with zero attached hydrogens (tertiary/aromatic N) is 2. The van der Waals surface area contributed by atoms with Crippen molar-refractivity contribution in [2.24, 2.45) is 0 Å². The van der Waals surface area contributed by atoms with Gasteiger partial charge >= 0.3 is 0 Å². The number of aromatic nitrogens is 2. The van der Waals surface area contributed by atoms with Gasteiger partial charge in [-0.1, -0.05) is 0 Å². The number of H-pyrrole nitrogens is 1. The molecule has 4 heterocycles. The molecule has 2 saturated heterocycles. The summed E-state index contributed by atoms with van der Waals surface area (Å²) in [4.78, 5) is 10.2. The normalized spacial score (nSPS) is 27.1. The Morgan fingerprint density at radius 2 is 2.11 bits per heavy atom. The van der Waals surface area contributed by atoms with Crippen molar-refractivity contribution in [3.63, 3.8) is 0 Å². The minimum atomic E-state index is 0.541. The predicted octanol–water partition coefficient (Wildman–Crippen LogP) is 2.54. The van der Waals surface area contributed by atoms with Crippen molar-refractivity contribution in [2.75, 3.05) is 18.1 Å². The summed E-state index contributed by atoms with van der Waals surface area (Å²) in [6.45, 7) is 1.72. The van der Waals surface area contributed by atoms with E-state index in [1.807, 2.05) is 12.4 Å². The molecule has 2 aromatic heterocycles. The monoisotopic (exact) mass is 355 g/mol. The summed E-state index contributed by atoms with van der Waals surface area (Å²) >= 11 is 2.35. The molecule has 0 spiro atoms. The third-order valence-electron chi connectivity index (χ3n) is 4.00. The second-order valence-corrected chi connectivity index (χ2v) is 6.22. The molecule has 0 saturated carbocycles. The van der Waals surface area contributed by atoms with Gasteiger partial charge in [0.1, 0.15) is 5.65 Å². The Labute approximate surface area is 119 Å². The topological polar surface area (TPSA) is 41.2 Å². The van der Waals surface area contributed by atoms with E-state index < -0.39 is 0 Å². The van der Waals surface area contributed by atoms with E-state index in [2.05, 4.69) is 43.5 Å². The Bertz CT molecular complexity index is 581. The second-order valence-electron chi connectivity index (χ2n) is 5.06. The lowest BCUT2D eigenvalue weighted by atomic mass is 10.2. The zero-order valence-corrected chi connectivity index (χ0v) is 12.1. The van der Waals surface area contributed by atoms with Crippen LogP contribution in [-0.2, 0) is 4.74 Å². The molecular weight excluding hydrogens is 341 g/mol. The van der Waals surface area contributed by atoms with Crippen LogP contribution in [0.3, 0.4) is 0 Å². The van der Waals surface area contributed by atoms with Gasteiger partial charge in [-0.05, 0) is 41.5 Å². The summed E-state index contributed by atoms with van der Waals surface area (Å²) in [5, 5.41) is 1.22. The summed E-state index contributed by atoms with van der Waals surface area (Å²) in [5.74, 6) is 0. The first-order valence-corrected chi connectivity index (χ1v) is 7.39. The minimum absolute atomic E-state index is 0.541. The van der Waals surface area contributed by atoms with E-state index in [1.165, 1.54) is 27.5 Å². The molecule has 0 radical (unpaired) electrons. The smallest absolute Gasteiger partial charge is 0.138 e. The molecule has 0 amide bonds. The van der Waals surface area contributed by atoms with Crippen LogP contribution in [0.4, 0.5) is 5.69 Å². The molecule has 4 nitrogen and oxygen atoms in total. The highest BCUT2D eigenvalue weighted by atomic mass is 127. The molecule has 2 atom stereocenters. The average Bonchev–Trinajstić information content (AvgIpc) is 2.88. The van der Waals surface area contributed by atoms with Crippen molar-refractivity contribution in [1.29, 1.82) is 0 Å². The fourth-order valence-corrected chi connectivity index (χ4v) is 3.72. The van der Waals surface area contributed by atoms with E-state index in [0.29, 0.717) is 12.1 Å². The number of hydrogen-bond acceptors (Lipinski definition) is 3. The second kappa shape index (κ2) is 4.09. The van der Waals surface area contributed by atoms with Crippen molar-refractivity contribution < 1.29 is 4.74 Å². The van der Waals surface area contributed by atoms with Crippen molar-refractivity contribution >= 4 is 39.3 Å². The zero-order valence-electron chi connectivity index (χ0n) is 9.90. The predicted molar refractivity (Wildman–Crippen MR) is 78.9 cm³/mol. The van der Waals surface area contributed by atoms with Crippen LogP contribution in [-0.4, -0.2) is 35.3 Å². The first-order valence-electron chi connectivity index (χ1n) is 6.31. The number of halogens is 1. The highest BCUT2D eigenvalue weighted by Gasteiger charge is 2.37. The van der Waals surface area contributed by atoms with Crippen LogP contribution < -0.4 is 4.90 Å². The Morgan fingerprint density at radius 1 is 1.33 bits per heavy atom. The lowest BCUT2D eigenvalue weighted by Gasteiger charge is -2.36. The Kier molecular flexibility index (Phi) is 2.51. The quantitative estimate of drug-likeness (QED) is 0.800. The van der Waals surface area contributed by atoms with Crippen LogP contribution in [0, 0.1) is 3.57 Å². The van der Waals surface area contributed by atoms with Crippen LogP contribution in [0.2, 0.25) is 0 Å². The van der Waals surface area contributed by atoms with E-state index >= 15 is 0 Å². The molecule has 0 aliphatic carbocycles. The van der Waals surface area contributed by atoms with Gasteiger partial charge in [0.05, 0.1) is 37.2 Å². The number of aromatic amines is 1. The number of hydrogen-bond donors (Lipinski definition) is 1. The zero-order chi connectivity index (χ0) is 12.1. The van der Waals surface area contributed by atoms with Crippen molar-refractivity contribution in [1.82, 2.24) is 9.97 Å². The molecule has 2 fully saturated rings. The van der Waals surface area contributed by atoms with Gasteiger partial charge < -0.3 is 14.6 Å². The summed E-state index contributed by atoms with van der Waals surface area (Å²) < 4.78 is 6.87. The number of ether oxygens (including phenoxy) is 1. The van der Waals surface area contributed by atoms with Gasteiger partial charge in [0.2, 0.25) is 0 Å². The van der Waals surface area contributed by atoms with E-state index in [0.717, 1.165) is 18.9 Å². The molecule has 2 unspecified atom stereocenters. The molecule has 5 heteroatoms. The molecule has 1 N–H and O–H groups in total. The molecule has 18 heavy (non-hydrogen) atoms. The fourth-order valence-electron chi connectivity index (χ4n) is 3.15. The molecule has 94 valence electrons. The van der Waals surface area contributed by atoms with Gasteiger partial charge in [-0.2, -0.15) is 0 Å². The van der Waals surface area contributed by atoms with Gasteiger partial charge in [0.25, 0.3) is 0 Å². The largest absolute Gasteiger partial charge is 0.377 e. The molecular formula is C13H14IN3O. The first-order chi connectivity index (χ1) is 8.83. The van der Waals surface area contributed by atoms with E-state index in [4.69, 9.17) is 4.74 Å². The summed E-state index contributed by atoms with van der Waals surface area (Å²) in [6, 6.07) is 3.34.